The fourth-order valence-corrected chi connectivity index (χ4v) is 14.4. The number of amides is 8. The van der Waals surface area contributed by atoms with Crippen LogP contribution in [0.2, 0.25) is 0 Å². The van der Waals surface area contributed by atoms with Crippen LogP contribution in [-0.2, 0) is 129 Å². The van der Waals surface area contributed by atoms with Crippen LogP contribution < -0.4 is 54.4 Å². The molecule has 15 unspecified atom stereocenters. The van der Waals surface area contributed by atoms with Crippen molar-refractivity contribution in [3.05, 3.63) is 0 Å². The summed E-state index contributed by atoms with van der Waals surface area (Å²) >= 11 is 0. The van der Waals surface area contributed by atoms with Gasteiger partial charge in [-0.3, -0.25) is 67.2 Å². The Kier molecular flexibility index (Phi) is 60.4. The van der Waals surface area contributed by atoms with Crippen LogP contribution in [0.1, 0.15) is 214 Å². The van der Waals surface area contributed by atoms with Crippen LogP contribution in [0, 0.1) is 0 Å². The Labute approximate surface area is 778 Å². The lowest BCUT2D eigenvalue weighted by Crippen LogP contribution is -2.62. The van der Waals surface area contributed by atoms with E-state index in [0.29, 0.717) is 90.1 Å². The van der Waals surface area contributed by atoms with Crippen molar-refractivity contribution in [3.8, 4) is 0 Å². The number of nitrogens with one attached hydrogen (secondary N) is 7. The summed E-state index contributed by atoms with van der Waals surface area (Å²) in [5, 5.41) is 92.1. The number of rotatable bonds is 72. The SMILES string of the molecule is CCN(CC)COC(=O)CCC(=O)O[C@@H]1C[C@@H](CO)N(C(=O)CCCCCCCCCCC(=O)NC(COCCC(=O)NCCCNC(=O)CCCCOC2OC(COC(C)=O)C(O)C(O)C2N)(COCCC(=O)NCCCNC(=O)CCCCOC2OC(COC(C)=O)C(O)C(O)C2N)COCCC(=O)NCCCNC(=O)CCCCOC2OC(COC(C)=O)C(O)C(O)C2N)C1. The van der Waals surface area contributed by atoms with Gasteiger partial charge in [-0.05, 0) is 83.7 Å². The first-order valence-electron chi connectivity index (χ1n) is 46.9. The lowest BCUT2D eigenvalue weighted by molar-refractivity contribution is -0.267. The number of nitrogens with zero attached hydrogens (tertiary/aromatic N) is 2. The van der Waals surface area contributed by atoms with Crippen molar-refractivity contribution in [2.45, 2.75) is 324 Å². The van der Waals surface area contributed by atoms with Crippen molar-refractivity contribution in [2.75, 3.05) is 152 Å². The molecular formula is C87H154N12O34. The normalized spacial score (nSPS) is 23.9. The summed E-state index contributed by atoms with van der Waals surface area (Å²) in [7, 11) is 0. The van der Waals surface area contributed by atoms with Gasteiger partial charge in [0.2, 0.25) is 47.3 Å². The minimum atomic E-state index is -1.46. The van der Waals surface area contributed by atoms with Gasteiger partial charge in [0.05, 0.1) is 89.8 Å². The molecule has 17 atom stereocenters. The second-order valence-corrected chi connectivity index (χ2v) is 33.6. The smallest absolute Gasteiger partial charge is 0.307 e. The van der Waals surface area contributed by atoms with Crippen LogP contribution in [0.4, 0.5) is 0 Å². The van der Waals surface area contributed by atoms with Crippen LogP contribution >= 0.6 is 0 Å². The lowest BCUT2D eigenvalue weighted by atomic mass is 9.98. The second-order valence-electron chi connectivity index (χ2n) is 33.6. The Morgan fingerprint density at radius 3 is 1.04 bits per heavy atom. The Morgan fingerprint density at radius 2 is 0.699 bits per heavy atom. The molecule has 4 fully saturated rings. The second kappa shape index (κ2) is 68.3. The summed E-state index contributed by atoms with van der Waals surface area (Å²) in [6.45, 7) is 8.29. The highest BCUT2D eigenvalue weighted by atomic mass is 16.7. The molecule has 4 aliphatic rings. The maximum atomic E-state index is 14.1. The van der Waals surface area contributed by atoms with E-state index in [1.807, 2.05) is 18.7 Å². The fraction of sp³-hybridized carbons (Fsp3) is 0.851. The van der Waals surface area contributed by atoms with Crippen molar-refractivity contribution in [2.24, 2.45) is 17.2 Å². The van der Waals surface area contributed by atoms with Gasteiger partial charge in [0.25, 0.3) is 0 Å². The molecule has 46 nitrogen and oxygen atoms in total. The van der Waals surface area contributed by atoms with E-state index in [-0.39, 0.29) is 250 Å². The molecule has 0 radical (unpaired) electrons. The third-order valence-electron chi connectivity index (χ3n) is 22.4. The molecule has 766 valence electrons. The third-order valence-corrected chi connectivity index (χ3v) is 22.4. The first-order chi connectivity index (χ1) is 63.7. The summed E-state index contributed by atoms with van der Waals surface area (Å²) in [5.41, 5.74) is 16.6. The molecule has 0 aromatic heterocycles. The van der Waals surface area contributed by atoms with Crippen molar-refractivity contribution >= 4 is 77.1 Å². The van der Waals surface area contributed by atoms with E-state index >= 15 is 0 Å². The highest BCUT2D eigenvalue weighted by Gasteiger charge is 2.47. The van der Waals surface area contributed by atoms with Crippen LogP contribution in [0.25, 0.3) is 0 Å². The van der Waals surface area contributed by atoms with Gasteiger partial charge in [-0.1, -0.05) is 52.4 Å². The molecule has 133 heavy (non-hydrogen) atoms. The maximum absolute atomic E-state index is 14.1. The molecule has 4 saturated heterocycles. The average Bonchev–Trinajstić information content (AvgIpc) is 1.85. The van der Waals surface area contributed by atoms with Gasteiger partial charge in [-0.15, -0.1) is 0 Å². The molecule has 0 aromatic rings. The highest BCUT2D eigenvalue weighted by Crippen LogP contribution is 2.27. The molecule has 4 rings (SSSR count). The van der Waals surface area contributed by atoms with Gasteiger partial charge in [0.1, 0.15) is 93.1 Å². The summed E-state index contributed by atoms with van der Waals surface area (Å²) in [4.78, 5) is 167. The number of ether oxygens (including phenoxy) is 14. The van der Waals surface area contributed by atoms with E-state index in [1.54, 1.807) is 4.90 Å². The monoisotopic (exact) mass is 1910 g/mol. The number of aliphatic hydroxyl groups is 7. The molecule has 46 heteroatoms. The Morgan fingerprint density at radius 1 is 0.383 bits per heavy atom. The molecule has 4 aliphatic heterocycles. The fourth-order valence-electron chi connectivity index (χ4n) is 14.4. The Hall–Kier alpha value is -7.69. The van der Waals surface area contributed by atoms with Gasteiger partial charge in [0.15, 0.2) is 18.9 Å². The van der Waals surface area contributed by atoms with E-state index in [4.69, 9.17) is 83.5 Å². The van der Waals surface area contributed by atoms with Gasteiger partial charge in [0, 0.05) is 138 Å². The van der Waals surface area contributed by atoms with E-state index < -0.39 is 145 Å². The number of carbonyl (C=O) groups excluding carboxylic acids is 13. The molecule has 0 aromatic carbocycles. The zero-order valence-corrected chi connectivity index (χ0v) is 78.2. The van der Waals surface area contributed by atoms with Crippen LogP contribution in [0.15, 0.2) is 0 Å². The predicted molar refractivity (Wildman–Crippen MR) is 471 cm³/mol. The van der Waals surface area contributed by atoms with Crippen molar-refractivity contribution < 1.29 is 164 Å². The number of aliphatic hydroxyl groups excluding tert-OH is 7. The molecule has 0 saturated carbocycles. The lowest BCUT2D eigenvalue weighted by Gasteiger charge is -2.40. The minimum absolute atomic E-state index is 0.0734. The molecule has 8 amide bonds. The first-order valence-corrected chi connectivity index (χ1v) is 46.9. The highest BCUT2D eigenvalue weighted by molar-refractivity contribution is 5.80. The standard InChI is InChI=1S/C87H154N12O34/c1-6-98(7-2)56-129-73(112)30-31-74(113)130-61-47-60(49-100)99(48-61)72(111)29-15-13-11-9-8-10-12-14-28-71(110)97-87(53-120-44-32-68(107)94-38-22-35-91-65(104)25-16-19-41-123-84-75(88)81(117)78(114)62(131-84)50-126-57(3)101,54-121-45-33-69(108)95-39-23-36-92-66(105)26-17-20-42-124-85-76(89)82(118)79(115)63(132-85)51-127-58(4)102)55-122-46-34-70(109)96-40-24-37-93-67(106)27-18-21-43-125-86-77(90)83(119)80(116)64(133-86)52-128-59(5)103/h60-64,75-86,100,114-119H,6-56,88-90H2,1-5H3,(H,91,104)(H,92,105)(H,93,106)(H,94,107)(H,95,108)(H,96,109)(H,97,110)/t60-,61+,62?,63?,64?,75?,76?,77?,78?,79?,80?,81?,82?,83?,84?,85?,86?,87?/m0/s1. The van der Waals surface area contributed by atoms with Crippen LogP contribution in [0.5, 0.6) is 0 Å². The number of carbonyl (C=O) groups is 13. The number of hydrogen-bond donors (Lipinski definition) is 17. The summed E-state index contributed by atoms with van der Waals surface area (Å²) in [6, 6.07) is -3.76. The van der Waals surface area contributed by atoms with Crippen molar-refractivity contribution in [1.29, 1.82) is 0 Å². The van der Waals surface area contributed by atoms with E-state index in [1.165, 1.54) is 20.8 Å². The van der Waals surface area contributed by atoms with Crippen LogP contribution in [-0.4, -0.2) is 384 Å². The largest absolute Gasteiger partial charge is 0.463 e. The van der Waals surface area contributed by atoms with Crippen molar-refractivity contribution in [1.82, 2.24) is 47.0 Å². The zero-order chi connectivity index (χ0) is 97.9. The average molecular weight is 1910 g/mol. The van der Waals surface area contributed by atoms with E-state index in [9.17, 15) is 98.1 Å². The van der Waals surface area contributed by atoms with Crippen molar-refractivity contribution in [3.63, 3.8) is 0 Å². The molecule has 0 aliphatic carbocycles. The summed E-state index contributed by atoms with van der Waals surface area (Å²) < 4.78 is 78.0. The Bertz CT molecular complexity index is 3150. The van der Waals surface area contributed by atoms with Gasteiger partial charge in [-0.25, -0.2) is 0 Å². The number of esters is 5. The number of unbranched alkanes of at least 4 members (excludes halogenated alkanes) is 10. The molecular weight excluding hydrogens is 1760 g/mol. The Balaban J connectivity index is 1.31. The number of hydrogen-bond acceptors (Lipinski definition) is 38. The molecule has 0 bridgehead atoms. The summed E-state index contributed by atoms with van der Waals surface area (Å²) in [6.07, 6.45) is -5.66. The van der Waals surface area contributed by atoms with Gasteiger partial charge in [-0.2, -0.15) is 0 Å². The minimum Gasteiger partial charge on any atom is -0.463 e. The number of likely N-dealkylation sites (tertiary alicyclic amines) is 1. The van der Waals surface area contributed by atoms with E-state index in [0.717, 1.165) is 32.1 Å². The first kappa shape index (κ1) is 118. The predicted octanol–water partition coefficient (Wildman–Crippen LogP) is -3.47. The molecule has 0 spiro atoms. The summed E-state index contributed by atoms with van der Waals surface area (Å²) in [5.74, 6) is -5.35. The topological polar surface area (TPSA) is 661 Å². The maximum Gasteiger partial charge on any atom is 0.307 e. The third kappa shape index (κ3) is 49.8. The molecule has 20 N–H and O–H groups in total. The quantitative estimate of drug-likeness (QED) is 0.0122. The molecule has 4 heterocycles. The van der Waals surface area contributed by atoms with E-state index in [2.05, 4.69) is 37.2 Å². The number of nitrogens with two attached hydrogens (primary N) is 3. The van der Waals surface area contributed by atoms with Crippen LogP contribution in [0.3, 0.4) is 0 Å². The van der Waals surface area contributed by atoms with Gasteiger partial charge >= 0.3 is 29.8 Å². The van der Waals surface area contributed by atoms with Gasteiger partial charge < -0.3 is 161 Å². The zero-order valence-electron chi connectivity index (χ0n) is 78.2.